The zero-order valence-corrected chi connectivity index (χ0v) is 11.4. The molecule has 0 aromatic heterocycles. The molecule has 19 heavy (non-hydrogen) atoms. The highest BCUT2D eigenvalue weighted by Gasteiger charge is 2.22. The Kier molecular flexibility index (Phi) is 5.00. The van der Waals surface area contributed by atoms with Crippen LogP contribution in [0.2, 0.25) is 5.02 Å². The highest BCUT2D eigenvalue weighted by molar-refractivity contribution is 6.31. The smallest absolute Gasteiger partial charge is 0.339 e. The molecule has 0 radical (unpaired) electrons. The molecule has 6 nitrogen and oxygen atoms in total. The molecule has 0 fully saturated rings. The van der Waals surface area contributed by atoms with Crippen molar-refractivity contribution in [3.05, 3.63) is 22.7 Å². The Morgan fingerprint density at radius 1 is 1.42 bits per heavy atom. The minimum Gasteiger partial charge on any atom is -0.493 e. The monoisotopic (exact) mass is 287 g/mol. The van der Waals surface area contributed by atoms with Gasteiger partial charge in [0.05, 0.1) is 7.11 Å². The molecule has 104 valence electrons. The van der Waals surface area contributed by atoms with Crippen LogP contribution in [0.1, 0.15) is 17.3 Å². The lowest BCUT2D eigenvalue weighted by molar-refractivity contribution is -0.126. The van der Waals surface area contributed by atoms with Gasteiger partial charge < -0.3 is 19.9 Å². The molecule has 0 aliphatic rings. The van der Waals surface area contributed by atoms with Crippen LogP contribution in [0.5, 0.6) is 11.5 Å². The maximum absolute atomic E-state index is 11.4. The predicted octanol–water partition coefficient (Wildman–Crippen LogP) is 1.56. The summed E-state index contributed by atoms with van der Waals surface area (Å²) in [5.41, 5.74) is -0.167. The molecule has 2 N–H and O–H groups in total. The van der Waals surface area contributed by atoms with Crippen molar-refractivity contribution in [3.8, 4) is 11.5 Å². The summed E-state index contributed by atoms with van der Waals surface area (Å²) in [6.45, 7) is 1.50. The third-order valence-corrected chi connectivity index (χ3v) is 2.60. The molecule has 7 heteroatoms. The van der Waals surface area contributed by atoms with E-state index in [-0.39, 0.29) is 28.0 Å². The topological polar surface area (TPSA) is 84.9 Å². The number of carbonyl (C=O) groups is 2. The van der Waals surface area contributed by atoms with E-state index in [2.05, 4.69) is 5.32 Å². The van der Waals surface area contributed by atoms with Crippen LogP contribution in [0.4, 0.5) is 0 Å². The molecule has 0 aliphatic carbocycles. The molecule has 0 heterocycles. The largest absolute Gasteiger partial charge is 0.493 e. The summed E-state index contributed by atoms with van der Waals surface area (Å²) in [6.07, 6.45) is -0.863. The van der Waals surface area contributed by atoms with Crippen LogP contribution in [0, 0.1) is 0 Å². The van der Waals surface area contributed by atoms with Crippen molar-refractivity contribution in [1.82, 2.24) is 5.32 Å². The first-order valence-electron chi connectivity index (χ1n) is 5.39. The molecule has 1 amide bonds. The van der Waals surface area contributed by atoms with Crippen LogP contribution >= 0.6 is 11.6 Å². The number of nitrogens with one attached hydrogen (secondary N) is 1. The van der Waals surface area contributed by atoms with Gasteiger partial charge >= 0.3 is 5.97 Å². The summed E-state index contributed by atoms with van der Waals surface area (Å²) in [4.78, 5) is 22.6. The summed E-state index contributed by atoms with van der Waals surface area (Å²) >= 11 is 5.79. The first kappa shape index (κ1) is 15.1. The van der Waals surface area contributed by atoms with Crippen LogP contribution < -0.4 is 14.8 Å². The zero-order valence-electron chi connectivity index (χ0n) is 10.7. The zero-order chi connectivity index (χ0) is 14.6. The predicted molar refractivity (Wildman–Crippen MR) is 69.1 cm³/mol. The van der Waals surface area contributed by atoms with Gasteiger partial charge in [0.1, 0.15) is 5.56 Å². The van der Waals surface area contributed by atoms with Gasteiger partial charge in [-0.1, -0.05) is 11.6 Å². The summed E-state index contributed by atoms with van der Waals surface area (Å²) in [7, 11) is 2.81. The number of methoxy groups -OCH3 is 1. The molecule has 1 unspecified atom stereocenters. The van der Waals surface area contributed by atoms with Crippen molar-refractivity contribution >= 4 is 23.5 Å². The van der Waals surface area contributed by atoms with Gasteiger partial charge in [0.25, 0.3) is 5.91 Å². The molecule has 0 saturated carbocycles. The van der Waals surface area contributed by atoms with Crippen LogP contribution in [-0.4, -0.2) is 37.2 Å². The fraction of sp³-hybridized carbons (Fsp3) is 0.333. The maximum Gasteiger partial charge on any atom is 0.339 e. The van der Waals surface area contributed by atoms with E-state index < -0.39 is 12.1 Å². The Hall–Kier alpha value is -1.95. The lowest BCUT2D eigenvalue weighted by Crippen LogP contribution is -2.34. The number of carboxylic acids is 1. The van der Waals surface area contributed by atoms with Crippen molar-refractivity contribution in [1.29, 1.82) is 0 Å². The lowest BCUT2D eigenvalue weighted by atomic mass is 10.2. The molecule has 1 aromatic rings. The molecule has 0 bridgehead atoms. The number of carbonyl (C=O) groups excluding carboxylic acids is 1. The fourth-order valence-corrected chi connectivity index (χ4v) is 1.64. The Labute approximate surface area is 115 Å². The summed E-state index contributed by atoms with van der Waals surface area (Å²) in [5, 5.41) is 11.7. The number of halogens is 1. The normalized spacial score (nSPS) is 11.6. The van der Waals surface area contributed by atoms with E-state index in [0.717, 1.165) is 0 Å². The second-order valence-electron chi connectivity index (χ2n) is 3.66. The molecule has 0 spiro atoms. The van der Waals surface area contributed by atoms with E-state index in [9.17, 15) is 9.59 Å². The van der Waals surface area contributed by atoms with Crippen LogP contribution in [0.15, 0.2) is 12.1 Å². The van der Waals surface area contributed by atoms with Gasteiger partial charge in [-0.2, -0.15) is 0 Å². The number of rotatable bonds is 5. The van der Waals surface area contributed by atoms with E-state index in [4.69, 9.17) is 26.2 Å². The van der Waals surface area contributed by atoms with Crippen LogP contribution in [-0.2, 0) is 4.79 Å². The van der Waals surface area contributed by atoms with Gasteiger partial charge in [-0.05, 0) is 13.0 Å². The highest BCUT2D eigenvalue weighted by atomic mass is 35.5. The van der Waals surface area contributed by atoms with Crippen LogP contribution in [0.3, 0.4) is 0 Å². The van der Waals surface area contributed by atoms with Crippen molar-refractivity contribution in [3.63, 3.8) is 0 Å². The van der Waals surface area contributed by atoms with E-state index in [1.165, 1.54) is 33.2 Å². The van der Waals surface area contributed by atoms with Crippen LogP contribution in [0.25, 0.3) is 0 Å². The van der Waals surface area contributed by atoms with Crippen molar-refractivity contribution in [2.75, 3.05) is 14.2 Å². The van der Waals surface area contributed by atoms with Gasteiger partial charge in [0, 0.05) is 18.1 Å². The molecule has 1 aromatic carbocycles. The quantitative estimate of drug-likeness (QED) is 0.858. The molecule has 0 aliphatic heterocycles. The average Bonchev–Trinajstić information content (AvgIpc) is 2.38. The minimum atomic E-state index is -1.22. The minimum absolute atomic E-state index is 0.0319. The Bertz CT molecular complexity index is 503. The Morgan fingerprint density at radius 2 is 2.05 bits per heavy atom. The number of ether oxygens (including phenoxy) is 2. The van der Waals surface area contributed by atoms with E-state index in [0.29, 0.717) is 0 Å². The van der Waals surface area contributed by atoms with Gasteiger partial charge in [-0.15, -0.1) is 0 Å². The number of hydrogen-bond acceptors (Lipinski definition) is 4. The summed E-state index contributed by atoms with van der Waals surface area (Å²) in [6, 6.07) is 2.65. The van der Waals surface area contributed by atoms with Gasteiger partial charge in [-0.3, -0.25) is 4.79 Å². The van der Waals surface area contributed by atoms with Crippen molar-refractivity contribution < 1.29 is 24.2 Å². The van der Waals surface area contributed by atoms with Crippen molar-refractivity contribution in [2.45, 2.75) is 13.0 Å². The second-order valence-corrected chi connectivity index (χ2v) is 4.10. The third kappa shape index (κ3) is 3.51. The highest BCUT2D eigenvalue weighted by Crippen LogP contribution is 2.35. The summed E-state index contributed by atoms with van der Waals surface area (Å²) in [5.74, 6) is -1.48. The van der Waals surface area contributed by atoms with E-state index in [1.54, 1.807) is 0 Å². The first-order chi connectivity index (χ1) is 8.90. The van der Waals surface area contributed by atoms with Gasteiger partial charge in [0.15, 0.2) is 17.6 Å². The molecule has 1 atom stereocenters. The number of hydrogen-bond donors (Lipinski definition) is 2. The first-order valence-corrected chi connectivity index (χ1v) is 5.77. The van der Waals surface area contributed by atoms with Crippen molar-refractivity contribution in [2.24, 2.45) is 0 Å². The fourth-order valence-electron chi connectivity index (χ4n) is 1.43. The van der Waals surface area contributed by atoms with E-state index in [1.807, 2.05) is 0 Å². The lowest BCUT2D eigenvalue weighted by Gasteiger charge is -2.17. The molecule has 1 rings (SSSR count). The average molecular weight is 288 g/mol. The molecule has 0 saturated heterocycles. The molecular weight excluding hydrogens is 274 g/mol. The Balaban J connectivity index is 3.23. The number of amides is 1. The molecular formula is C12H14ClNO5. The maximum atomic E-state index is 11.4. The number of benzene rings is 1. The number of carboxylic acid groups (broad SMARTS) is 1. The summed E-state index contributed by atoms with van der Waals surface area (Å²) < 4.78 is 10.4. The number of aromatic carboxylic acids is 1. The third-order valence-electron chi connectivity index (χ3n) is 2.38. The van der Waals surface area contributed by atoms with E-state index >= 15 is 0 Å². The number of likely N-dealkylation sites (N-methyl/N-ethyl adjacent to an activating group) is 1. The Morgan fingerprint density at radius 3 is 2.53 bits per heavy atom. The SMILES string of the molecule is CNC(=O)C(C)Oc1c(OC)cc(Cl)cc1C(=O)O. The van der Waals surface area contributed by atoms with Gasteiger partial charge in [0.2, 0.25) is 0 Å². The standard InChI is InChI=1S/C12H14ClNO5/c1-6(11(15)14-2)19-10-8(12(16)17)4-7(13)5-9(10)18-3/h4-6H,1-3H3,(H,14,15)(H,16,17). The van der Waals surface area contributed by atoms with Gasteiger partial charge in [-0.25, -0.2) is 4.79 Å². The second kappa shape index (κ2) is 6.29.